The molecule has 1 aliphatic heterocycles. The molecule has 0 amide bonds. The summed E-state index contributed by atoms with van der Waals surface area (Å²) in [7, 11) is 0. The molecule has 0 atom stereocenters. The third-order valence-electron chi connectivity index (χ3n) is 7.86. The molecule has 6 aromatic carbocycles. The monoisotopic (exact) mass is 544 g/mol. The molecular weight excluding hydrogens is 525 g/mol. The first-order valence-corrected chi connectivity index (χ1v) is 15.0. The zero-order valence-corrected chi connectivity index (χ0v) is 22.9. The normalized spacial score (nSPS) is 12.4. The minimum Gasteiger partial charge on any atom is -0.228 e. The summed E-state index contributed by atoms with van der Waals surface area (Å²) in [6.45, 7) is 0. The van der Waals surface area contributed by atoms with Gasteiger partial charge in [-0.1, -0.05) is 84.6 Å². The van der Waals surface area contributed by atoms with E-state index in [0.29, 0.717) is 0 Å². The van der Waals surface area contributed by atoms with E-state index in [-0.39, 0.29) is 0 Å². The van der Waals surface area contributed by atoms with Gasteiger partial charge in [-0.15, -0.1) is 11.3 Å². The van der Waals surface area contributed by atoms with Crippen LogP contribution in [-0.2, 0) is 0 Å². The van der Waals surface area contributed by atoms with Crippen molar-refractivity contribution in [1.82, 2.24) is 9.97 Å². The van der Waals surface area contributed by atoms with Crippen molar-refractivity contribution in [2.24, 2.45) is 0 Å². The lowest BCUT2D eigenvalue weighted by atomic mass is 9.98. The standard InChI is InChI=1S/C36H20N2S2/c1-3-9-30-26(6-1)28-20-24(16-17-32(28)39-30)22-12-13-23-19-25(15-14-21(23)18-22)36-37-29-8-5-11-33-34(29)35(38-36)27-7-2-4-10-31(27)40-33/h1-20H. The minimum atomic E-state index is 0.766. The number of nitrogens with zero attached hydrogens (tertiary/aromatic N) is 2. The molecule has 0 N–H and O–H groups in total. The van der Waals surface area contributed by atoms with Crippen LogP contribution in [0.15, 0.2) is 131 Å². The number of hydrogen-bond donors (Lipinski definition) is 0. The molecule has 0 fully saturated rings. The largest absolute Gasteiger partial charge is 0.228 e. The van der Waals surface area contributed by atoms with E-state index < -0.39 is 0 Å². The molecule has 0 aliphatic carbocycles. The lowest BCUT2D eigenvalue weighted by Gasteiger charge is -2.19. The topological polar surface area (TPSA) is 25.8 Å². The van der Waals surface area contributed by atoms with E-state index >= 15 is 0 Å². The summed E-state index contributed by atoms with van der Waals surface area (Å²) in [6, 6.07) is 43.7. The van der Waals surface area contributed by atoms with Gasteiger partial charge in [-0.25, -0.2) is 9.97 Å². The van der Waals surface area contributed by atoms with Crippen molar-refractivity contribution in [1.29, 1.82) is 0 Å². The second kappa shape index (κ2) is 8.49. The summed E-state index contributed by atoms with van der Waals surface area (Å²) >= 11 is 3.66. The van der Waals surface area contributed by atoms with Crippen LogP contribution in [0.1, 0.15) is 0 Å². The second-order valence-corrected chi connectivity index (χ2v) is 12.4. The van der Waals surface area contributed by atoms with Crippen LogP contribution >= 0.6 is 23.1 Å². The summed E-state index contributed by atoms with van der Waals surface area (Å²) < 4.78 is 2.67. The molecule has 0 bridgehead atoms. The zero-order valence-electron chi connectivity index (χ0n) is 21.3. The maximum atomic E-state index is 5.14. The quantitative estimate of drug-likeness (QED) is 0.216. The number of aromatic nitrogens is 2. The molecule has 40 heavy (non-hydrogen) atoms. The maximum absolute atomic E-state index is 5.14. The number of rotatable bonds is 2. The fourth-order valence-electron chi connectivity index (χ4n) is 5.90. The molecule has 4 heteroatoms. The Balaban J connectivity index is 1.15. The molecule has 0 radical (unpaired) electrons. The van der Waals surface area contributed by atoms with Crippen LogP contribution in [0.5, 0.6) is 0 Å². The Hall–Kier alpha value is -4.51. The number of benzene rings is 6. The summed E-state index contributed by atoms with van der Waals surface area (Å²) in [5, 5.41) is 6.20. The second-order valence-electron chi connectivity index (χ2n) is 10.2. The van der Waals surface area contributed by atoms with E-state index in [1.165, 1.54) is 57.4 Å². The molecule has 186 valence electrons. The first kappa shape index (κ1) is 22.3. The number of hydrogen-bond acceptors (Lipinski definition) is 4. The Bertz CT molecular complexity index is 2320. The Labute approximate surface area is 239 Å². The van der Waals surface area contributed by atoms with Gasteiger partial charge >= 0.3 is 0 Å². The Morgan fingerprint density at radius 3 is 2.17 bits per heavy atom. The zero-order chi connectivity index (χ0) is 26.2. The van der Waals surface area contributed by atoms with E-state index in [1.807, 2.05) is 11.3 Å². The van der Waals surface area contributed by atoms with E-state index in [0.717, 1.165) is 28.0 Å². The van der Waals surface area contributed by atoms with Gasteiger partial charge in [0.25, 0.3) is 0 Å². The highest BCUT2D eigenvalue weighted by atomic mass is 32.2. The van der Waals surface area contributed by atoms with E-state index in [4.69, 9.17) is 9.97 Å². The van der Waals surface area contributed by atoms with Crippen LogP contribution in [0, 0.1) is 0 Å². The first-order valence-electron chi connectivity index (χ1n) is 13.3. The van der Waals surface area contributed by atoms with Crippen LogP contribution in [0.25, 0.3) is 75.6 Å². The van der Waals surface area contributed by atoms with Crippen molar-refractivity contribution in [3.05, 3.63) is 121 Å². The fourth-order valence-corrected chi connectivity index (χ4v) is 8.09. The molecule has 0 saturated heterocycles. The SMILES string of the molecule is c1ccc2c(c1)Sc1cccc3nc(-c4ccc5cc(-c6ccc7sc8ccccc8c7c6)ccc5c4)nc-2c13. The van der Waals surface area contributed by atoms with Crippen LogP contribution < -0.4 is 0 Å². The highest BCUT2D eigenvalue weighted by Gasteiger charge is 2.22. The smallest absolute Gasteiger partial charge is 0.160 e. The molecular formula is C36H20N2S2. The average molecular weight is 545 g/mol. The fraction of sp³-hybridized carbons (Fsp3) is 0. The molecule has 1 aliphatic rings. The van der Waals surface area contributed by atoms with E-state index in [2.05, 4.69) is 121 Å². The maximum Gasteiger partial charge on any atom is 0.160 e. The van der Waals surface area contributed by atoms with Crippen molar-refractivity contribution >= 4 is 64.9 Å². The van der Waals surface area contributed by atoms with Gasteiger partial charge in [0.15, 0.2) is 5.82 Å². The van der Waals surface area contributed by atoms with Crippen molar-refractivity contribution in [3.63, 3.8) is 0 Å². The third kappa shape index (κ3) is 3.37. The molecule has 8 aromatic rings. The van der Waals surface area contributed by atoms with Crippen molar-refractivity contribution in [2.45, 2.75) is 9.79 Å². The number of thiophene rings is 1. The lowest BCUT2D eigenvalue weighted by molar-refractivity contribution is 1.20. The van der Waals surface area contributed by atoms with Crippen molar-refractivity contribution < 1.29 is 0 Å². The van der Waals surface area contributed by atoms with Crippen LogP contribution in [0.2, 0.25) is 0 Å². The molecule has 0 unspecified atom stereocenters. The highest BCUT2D eigenvalue weighted by Crippen LogP contribution is 2.47. The summed E-state index contributed by atoms with van der Waals surface area (Å²) in [5.74, 6) is 0.766. The molecule has 9 rings (SSSR count). The number of fused-ring (bicyclic) bond motifs is 6. The Kier molecular flexibility index (Phi) is 4.74. The molecule has 2 nitrogen and oxygen atoms in total. The molecule has 2 aromatic heterocycles. The highest BCUT2D eigenvalue weighted by molar-refractivity contribution is 7.99. The van der Waals surface area contributed by atoms with E-state index in [1.54, 1.807) is 11.8 Å². The summed E-state index contributed by atoms with van der Waals surface area (Å²) in [5.41, 5.74) is 6.70. The van der Waals surface area contributed by atoms with Gasteiger partial charge in [0, 0.05) is 46.5 Å². The van der Waals surface area contributed by atoms with Crippen LogP contribution in [0.3, 0.4) is 0 Å². The predicted octanol–water partition coefficient (Wildman–Crippen LogP) is 10.6. The first-order chi connectivity index (χ1) is 19.8. The van der Waals surface area contributed by atoms with Gasteiger partial charge in [0.05, 0.1) is 11.2 Å². The Morgan fingerprint density at radius 2 is 1.23 bits per heavy atom. The predicted molar refractivity (Wildman–Crippen MR) is 170 cm³/mol. The van der Waals surface area contributed by atoms with Gasteiger partial charge in [-0.2, -0.15) is 0 Å². The van der Waals surface area contributed by atoms with Gasteiger partial charge in [-0.05, 0) is 70.4 Å². The summed E-state index contributed by atoms with van der Waals surface area (Å²) in [4.78, 5) is 12.6. The van der Waals surface area contributed by atoms with Crippen molar-refractivity contribution in [2.75, 3.05) is 0 Å². The molecule has 3 heterocycles. The van der Waals surface area contributed by atoms with E-state index in [9.17, 15) is 0 Å². The van der Waals surface area contributed by atoms with Gasteiger partial charge in [0.1, 0.15) is 0 Å². The molecule has 0 spiro atoms. The molecule has 0 saturated carbocycles. The van der Waals surface area contributed by atoms with Crippen LogP contribution in [-0.4, -0.2) is 9.97 Å². The average Bonchev–Trinajstić information content (AvgIpc) is 3.38. The van der Waals surface area contributed by atoms with Crippen LogP contribution in [0.4, 0.5) is 0 Å². The minimum absolute atomic E-state index is 0.766. The van der Waals surface area contributed by atoms with Gasteiger partial charge in [0.2, 0.25) is 0 Å². The van der Waals surface area contributed by atoms with Crippen molar-refractivity contribution in [3.8, 4) is 33.8 Å². The van der Waals surface area contributed by atoms with Gasteiger partial charge in [-0.3, -0.25) is 0 Å². The van der Waals surface area contributed by atoms with Gasteiger partial charge < -0.3 is 0 Å². The summed E-state index contributed by atoms with van der Waals surface area (Å²) in [6.07, 6.45) is 0. The Morgan fingerprint density at radius 1 is 0.500 bits per heavy atom. The lowest BCUT2D eigenvalue weighted by Crippen LogP contribution is -2.00. The third-order valence-corrected chi connectivity index (χ3v) is 10.1.